The highest BCUT2D eigenvalue weighted by Gasteiger charge is 2.08. The molecule has 5 nitrogen and oxygen atoms in total. The van der Waals surface area contributed by atoms with Gasteiger partial charge in [0.25, 0.3) is 5.91 Å². The van der Waals surface area contributed by atoms with Crippen LogP contribution < -0.4 is 15.5 Å². The molecular weight excluding hydrogens is 278 g/mol. The summed E-state index contributed by atoms with van der Waals surface area (Å²) in [6.07, 6.45) is 0. The Morgan fingerprint density at radius 1 is 1.00 bits per heavy atom. The van der Waals surface area contributed by atoms with Crippen molar-refractivity contribution >= 4 is 23.2 Å². The molecule has 0 bridgehead atoms. The predicted octanol–water partition coefficient (Wildman–Crippen LogP) is 2.12. The number of nitrogens with one attached hydrogen (secondary N) is 2. The Morgan fingerprint density at radius 2 is 1.64 bits per heavy atom. The first-order valence-corrected chi connectivity index (χ1v) is 6.98. The van der Waals surface area contributed by atoms with Gasteiger partial charge in [0.2, 0.25) is 5.91 Å². The zero-order chi connectivity index (χ0) is 15.9. The highest BCUT2D eigenvalue weighted by molar-refractivity contribution is 5.96. The smallest absolute Gasteiger partial charge is 0.251 e. The maximum Gasteiger partial charge on any atom is 0.251 e. The maximum absolute atomic E-state index is 12.0. The number of carbonyl (C=O) groups is 2. The van der Waals surface area contributed by atoms with E-state index in [-0.39, 0.29) is 18.4 Å². The van der Waals surface area contributed by atoms with Crippen LogP contribution in [0.1, 0.15) is 10.4 Å². The van der Waals surface area contributed by atoms with Gasteiger partial charge in [0.1, 0.15) is 0 Å². The van der Waals surface area contributed by atoms with Gasteiger partial charge in [-0.25, -0.2) is 0 Å². The first-order chi connectivity index (χ1) is 10.6. The number of benzene rings is 2. The Balaban J connectivity index is 1.93. The summed E-state index contributed by atoms with van der Waals surface area (Å²) < 4.78 is 0. The van der Waals surface area contributed by atoms with Crippen LogP contribution in [0.2, 0.25) is 0 Å². The molecule has 2 rings (SSSR count). The molecule has 2 N–H and O–H groups in total. The van der Waals surface area contributed by atoms with Crippen LogP contribution >= 0.6 is 0 Å². The number of para-hydroxylation sites is 1. The van der Waals surface area contributed by atoms with Gasteiger partial charge in [-0.05, 0) is 36.4 Å². The number of rotatable bonds is 5. The topological polar surface area (TPSA) is 61.4 Å². The Labute approximate surface area is 129 Å². The van der Waals surface area contributed by atoms with Gasteiger partial charge in [-0.15, -0.1) is 0 Å². The molecule has 0 spiro atoms. The molecule has 0 radical (unpaired) electrons. The minimum absolute atomic E-state index is 0.112. The van der Waals surface area contributed by atoms with E-state index in [1.54, 1.807) is 31.3 Å². The molecule has 0 aromatic heterocycles. The summed E-state index contributed by atoms with van der Waals surface area (Å²) in [5.41, 5.74) is 2.20. The molecule has 0 unspecified atom stereocenters. The number of hydrogen-bond donors (Lipinski definition) is 2. The van der Waals surface area contributed by atoms with Crippen molar-refractivity contribution in [3.05, 3.63) is 60.2 Å². The van der Waals surface area contributed by atoms with E-state index >= 15 is 0 Å². The molecule has 0 aliphatic rings. The van der Waals surface area contributed by atoms with Crippen LogP contribution in [-0.4, -0.2) is 32.5 Å². The van der Waals surface area contributed by atoms with E-state index in [9.17, 15) is 9.59 Å². The van der Waals surface area contributed by atoms with E-state index in [1.165, 1.54) is 0 Å². The second-order valence-electron chi connectivity index (χ2n) is 4.90. The first kappa shape index (κ1) is 15.6. The number of carbonyl (C=O) groups excluding carboxylic acids is 2. The monoisotopic (exact) mass is 297 g/mol. The van der Waals surface area contributed by atoms with Gasteiger partial charge in [-0.1, -0.05) is 18.2 Å². The minimum Gasteiger partial charge on any atom is -0.365 e. The number of hydrogen-bond acceptors (Lipinski definition) is 3. The van der Waals surface area contributed by atoms with E-state index in [4.69, 9.17) is 0 Å². The maximum atomic E-state index is 12.0. The van der Waals surface area contributed by atoms with E-state index in [2.05, 4.69) is 10.6 Å². The molecule has 0 aliphatic carbocycles. The number of anilines is 2. The number of likely N-dealkylation sites (N-methyl/N-ethyl adjacent to an activating group) is 1. The minimum atomic E-state index is -0.151. The molecule has 2 aromatic rings. The van der Waals surface area contributed by atoms with Crippen LogP contribution in [0.4, 0.5) is 11.4 Å². The van der Waals surface area contributed by atoms with E-state index in [1.807, 2.05) is 42.3 Å². The molecular formula is C17H19N3O2. The zero-order valence-corrected chi connectivity index (χ0v) is 12.7. The third kappa shape index (κ3) is 4.09. The van der Waals surface area contributed by atoms with Gasteiger partial charge in [0, 0.05) is 31.0 Å². The van der Waals surface area contributed by atoms with Crippen LogP contribution in [0, 0.1) is 0 Å². The summed E-state index contributed by atoms with van der Waals surface area (Å²) in [6.45, 7) is 0.251. The summed E-state index contributed by atoms with van der Waals surface area (Å²) >= 11 is 0. The summed E-state index contributed by atoms with van der Waals surface area (Å²) in [5, 5.41) is 5.37. The van der Waals surface area contributed by atoms with Crippen molar-refractivity contribution in [2.24, 2.45) is 0 Å². The quantitative estimate of drug-likeness (QED) is 0.888. The molecule has 0 atom stereocenters. The Morgan fingerprint density at radius 3 is 2.23 bits per heavy atom. The molecule has 0 saturated carbocycles. The SMILES string of the molecule is CNC(=O)c1ccc(NC(=O)CN(C)c2ccccc2)cc1. The largest absolute Gasteiger partial charge is 0.365 e. The zero-order valence-electron chi connectivity index (χ0n) is 12.7. The Bertz CT molecular complexity index is 639. The van der Waals surface area contributed by atoms with E-state index in [0.717, 1.165) is 5.69 Å². The molecule has 0 fully saturated rings. The molecule has 0 aliphatic heterocycles. The molecule has 114 valence electrons. The fourth-order valence-electron chi connectivity index (χ4n) is 2.04. The van der Waals surface area contributed by atoms with E-state index in [0.29, 0.717) is 11.3 Å². The summed E-state index contributed by atoms with van der Waals surface area (Å²) in [5.74, 6) is -0.263. The second kappa shape index (κ2) is 7.26. The lowest BCUT2D eigenvalue weighted by atomic mass is 10.2. The van der Waals surface area contributed by atoms with Crippen LogP contribution in [0.25, 0.3) is 0 Å². The molecule has 5 heteroatoms. The van der Waals surface area contributed by atoms with Gasteiger partial charge in [0.05, 0.1) is 6.54 Å². The summed E-state index contributed by atoms with van der Waals surface area (Å²) in [4.78, 5) is 25.4. The molecule has 22 heavy (non-hydrogen) atoms. The average molecular weight is 297 g/mol. The summed E-state index contributed by atoms with van der Waals surface area (Å²) in [6, 6.07) is 16.5. The molecule has 0 saturated heterocycles. The second-order valence-corrected chi connectivity index (χ2v) is 4.90. The third-order valence-corrected chi connectivity index (χ3v) is 3.24. The fraction of sp³-hybridized carbons (Fsp3) is 0.176. The van der Waals surface area contributed by atoms with Crippen molar-refractivity contribution in [3.8, 4) is 0 Å². The van der Waals surface area contributed by atoms with Crippen molar-refractivity contribution < 1.29 is 9.59 Å². The van der Waals surface area contributed by atoms with Gasteiger partial charge in [0.15, 0.2) is 0 Å². The third-order valence-electron chi connectivity index (χ3n) is 3.24. The summed E-state index contributed by atoms with van der Waals surface area (Å²) in [7, 11) is 3.45. The molecule has 2 aromatic carbocycles. The van der Waals surface area contributed by atoms with Gasteiger partial charge < -0.3 is 15.5 Å². The highest BCUT2D eigenvalue weighted by atomic mass is 16.2. The normalized spacial score (nSPS) is 9.91. The Hall–Kier alpha value is -2.82. The van der Waals surface area contributed by atoms with Crippen molar-refractivity contribution in [1.29, 1.82) is 0 Å². The molecule has 0 heterocycles. The van der Waals surface area contributed by atoms with Gasteiger partial charge in [-0.3, -0.25) is 9.59 Å². The Kier molecular flexibility index (Phi) is 5.14. The van der Waals surface area contributed by atoms with Gasteiger partial charge >= 0.3 is 0 Å². The highest BCUT2D eigenvalue weighted by Crippen LogP contribution is 2.12. The predicted molar refractivity (Wildman–Crippen MR) is 88.2 cm³/mol. The molecule has 2 amide bonds. The fourth-order valence-corrected chi connectivity index (χ4v) is 2.04. The first-order valence-electron chi connectivity index (χ1n) is 6.98. The average Bonchev–Trinajstić information content (AvgIpc) is 2.55. The van der Waals surface area contributed by atoms with Crippen LogP contribution in [-0.2, 0) is 4.79 Å². The van der Waals surface area contributed by atoms with Gasteiger partial charge in [-0.2, -0.15) is 0 Å². The van der Waals surface area contributed by atoms with Crippen molar-refractivity contribution in [2.45, 2.75) is 0 Å². The van der Waals surface area contributed by atoms with Crippen LogP contribution in [0.15, 0.2) is 54.6 Å². The lowest BCUT2D eigenvalue weighted by Gasteiger charge is -2.18. The van der Waals surface area contributed by atoms with Crippen LogP contribution in [0.5, 0.6) is 0 Å². The van der Waals surface area contributed by atoms with Crippen molar-refractivity contribution in [3.63, 3.8) is 0 Å². The lowest BCUT2D eigenvalue weighted by Crippen LogP contribution is -2.30. The van der Waals surface area contributed by atoms with Crippen molar-refractivity contribution in [1.82, 2.24) is 5.32 Å². The van der Waals surface area contributed by atoms with Crippen molar-refractivity contribution in [2.75, 3.05) is 30.9 Å². The van der Waals surface area contributed by atoms with E-state index < -0.39 is 0 Å². The lowest BCUT2D eigenvalue weighted by molar-refractivity contribution is -0.114. The van der Waals surface area contributed by atoms with Crippen LogP contribution in [0.3, 0.4) is 0 Å². The standard InChI is InChI=1S/C17H19N3O2/c1-18-17(22)13-8-10-14(11-9-13)19-16(21)12-20(2)15-6-4-3-5-7-15/h3-11H,12H2,1-2H3,(H,18,22)(H,19,21). The number of amides is 2. The number of nitrogens with zero attached hydrogens (tertiary/aromatic N) is 1.